The minimum atomic E-state index is -5.49. The highest BCUT2D eigenvalue weighted by Gasteiger charge is 2.47. The van der Waals surface area contributed by atoms with Gasteiger partial charge in [-0.25, -0.2) is 0 Å². The van der Waals surface area contributed by atoms with Crippen molar-refractivity contribution in [2.24, 2.45) is 0 Å². The van der Waals surface area contributed by atoms with E-state index < -0.39 is 30.5 Å². The van der Waals surface area contributed by atoms with Gasteiger partial charge in [-0.2, -0.15) is 21.6 Å². The fourth-order valence-electron chi connectivity index (χ4n) is 0.950. The van der Waals surface area contributed by atoms with E-state index in [9.17, 15) is 21.6 Å². The zero-order chi connectivity index (χ0) is 16.4. The number of halogens is 3. The van der Waals surface area contributed by atoms with Crippen LogP contribution in [0.3, 0.4) is 0 Å². The van der Waals surface area contributed by atoms with Gasteiger partial charge in [-0.3, -0.25) is 4.18 Å². The van der Waals surface area contributed by atoms with Crippen LogP contribution in [0.5, 0.6) is 0 Å². The fraction of sp³-hybridized carbons (Fsp3) is 1.00. The van der Waals surface area contributed by atoms with Crippen LogP contribution in [0.2, 0.25) is 0 Å². The van der Waals surface area contributed by atoms with Crippen molar-refractivity contribution in [2.75, 3.05) is 13.2 Å². The van der Waals surface area contributed by atoms with Crippen LogP contribution in [0.4, 0.5) is 13.2 Å². The lowest BCUT2D eigenvalue weighted by atomic mass is 10.2. The van der Waals surface area contributed by atoms with E-state index in [0.717, 1.165) is 0 Å². The molecule has 0 amide bonds. The maximum absolute atomic E-state index is 11.8. The predicted molar refractivity (Wildman–Crippen MR) is 63.3 cm³/mol. The Morgan fingerprint density at radius 3 is 1.85 bits per heavy atom. The average molecular weight is 345 g/mol. The van der Waals surface area contributed by atoms with E-state index in [1.54, 1.807) is 0 Å². The van der Waals surface area contributed by atoms with Crippen LogP contribution in [-0.4, -0.2) is 43.0 Å². The van der Waals surface area contributed by atoms with E-state index in [4.69, 9.17) is 19.1 Å². The van der Waals surface area contributed by atoms with E-state index in [1.807, 2.05) is 13.8 Å². The first kappa shape index (κ1) is 22.0. The van der Waals surface area contributed by atoms with Gasteiger partial charge in [-0.15, -0.1) is 9.79 Å². The Hall–Kier alpha value is -0.320. The summed E-state index contributed by atoms with van der Waals surface area (Å²) in [6, 6.07) is 0. The Morgan fingerprint density at radius 1 is 1.15 bits per heavy atom. The lowest BCUT2D eigenvalue weighted by molar-refractivity contribution is -0.0566. The molecule has 0 rings (SSSR count). The second-order valence-corrected chi connectivity index (χ2v) is 5.40. The monoisotopic (exact) mass is 345 g/mol. The number of rotatable bonds is 7. The molecule has 122 valence electrons. The molecular formula is C8H17F3O7PS+. The summed E-state index contributed by atoms with van der Waals surface area (Å²) in [5.74, 6) is 0. The van der Waals surface area contributed by atoms with Crippen LogP contribution in [0.25, 0.3) is 0 Å². The minimum absolute atomic E-state index is 0.0859. The van der Waals surface area contributed by atoms with Crippen molar-refractivity contribution < 1.29 is 44.9 Å². The Labute approximate surface area is 115 Å². The van der Waals surface area contributed by atoms with Crippen molar-refractivity contribution in [3.8, 4) is 0 Å². The molecule has 0 saturated carbocycles. The van der Waals surface area contributed by atoms with Gasteiger partial charge in [-0.05, 0) is 12.8 Å². The van der Waals surface area contributed by atoms with Gasteiger partial charge in [0.15, 0.2) is 0 Å². The first-order chi connectivity index (χ1) is 8.97. The third-order valence-electron chi connectivity index (χ3n) is 1.87. The summed E-state index contributed by atoms with van der Waals surface area (Å²) in [4.78, 5) is 14.2. The highest BCUT2D eigenvalue weighted by molar-refractivity contribution is 7.87. The predicted octanol–water partition coefficient (Wildman–Crippen LogP) is 1.69. The molecule has 0 aromatic carbocycles. The molecule has 0 radical (unpaired) electrons. The number of ether oxygens (including phenoxy) is 1. The molecule has 0 atom stereocenters. The van der Waals surface area contributed by atoms with Gasteiger partial charge in [0, 0.05) is 4.57 Å². The topological polar surface area (TPSA) is 110 Å². The molecule has 0 saturated heterocycles. The van der Waals surface area contributed by atoms with Crippen LogP contribution in [0.1, 0.15) is 26.7 Å². The maximum Gasteiger partial charge on any atom is 0.692 e. The zero-order valence-electron chi connectivity index (χ0n) is 10.8. The molecule has 2 N–H and O–H groups in total. The van der Waals surface area contributed by atoms with Crippen molar-refractivity contribution >= 4 is 18.4 Å². The Morgan fingerprint density at radius 2 is 1.55 bits per heavy atom. The molecule has 0 aliphatic rings. The second-order valence-electron chi connectivity index (χ2n) is 3.28. The van der Waals surface area contributed by atoms with Crippen LogP contribution in [0.15, 0.2) is 0 Å². The standard InChI is InChI=1S/C8H15F3O4S.HO3P/c1-3-7(4-2)14-5-6-15-16(12,13)8(9,10)11;1-4(2)3/h7H,3-6H2,1-2H3;(H-,1,2,3)/p+1. The van der Waals surface area contributed by atoms with E-state index in [2.05, 4.69) is 4.18 Å². The Kier molecular flexibility index (Phi) is 11.4. The smallest absolute Gasteiger partial charge is 0.376 e. The third kappa shape index (κ3) is 11.5. The summed E-state index contributed by atoms with van der Waals surface area (Å²) in [5, 5.41) is 0. The van der Waals surface area contributed by atoms with Gasteiger partial charge in [0.25, 0.3) is 0 Å². The lowest BCUT2D eigenvalue weighted by Crippen LogP contribution is -2.27. The SMILES string of the molecule is CCC(CC)OCCOS(=O)(=O)C(F)(F)F.O=[P+](O)O. The highest BCUT2D eigenvalue weighted by atomic mass is 32.2. The van der Waals surface area contributed by atoms with Gasteiger partial charge >= 0.3 is 23.9 Å². The first-order valence-electron chi connectivity index (χ1n) is 5.40. The van der Waals surface area contributed by atoms with Gasteiger partial charge in [0.05, 0.1) is 19.3 Å². The second kappa shape index (κ2) is 10.4. The molecule has 0 spiro atoms. The molecule has 0 aromatic rings. The summed E-state index contributed by atoms with van der Waals surface area (Å²) in [5.41, 5.74) is -5.37. The van der Waals surface area contributed by atoms with E-state index in [-0.39, 0.29) is 12.7 Å². The molecule has 20 heavy (non-hydrogen) atoms. The number of hydrogen-bond acceptors (Lipinski definition) is 5. The normalized spacial score (nSPS) is 12.0. The minimum Gasteiger partial charge on any atom is -0.376 e. The van der Waals surface area contributed by atoms with Crippen LogP contribution in [0, 0.1) is 0 Å². The quantitative estimate of drug-likeness (QED) is 0.313. The van der Waals surface area contributed by atoms with Crippen molar-refractivity contribution in [3.63, 3.8) is 0 Å². The summed E-state index contributed by atoms with van der Waals surface area (Å²) in [7, 11) is -8.36. The molecule has 0 fully saturated rings. The highest BCUT2D eigenvalue weighted by Crippen LogP contribution is 2.24. The van der Waals surface area contributed by atoms with Crippen molar-refractivity contribution in [2.45, 2.75) is 38.3 Å². The molecule has 7 nitrogen and oxygen atoms in total. The molecule has 0 aliphatic heterocycles. The van der Waals surface area contributed by atoms with Gasteiger partial charge in [0.2, 0.25) is 0 Å². The van der Waals surface area contributed by atoms with Crippen molar-refractivity contribution in [1.82, 2.24) is 0 Å². The average Bonchev–Trinajstić information content (AvgIpc) is 2.27. The van der Waals surface area contributed by atoms with Crippen molar-refractivity contribution in [3.05, 3.63) is 0 Å². The largest absolute Gasteiger partial charge is 0.692 e. The molecule has 0 unspecified atom stereocenters. The van der Waals surface area contributed by atoms with Crippen molar-refractivity contribution in [1.29, 1.82) is 0 Å². The van der Waals surface area contributed by atoms with E-state index >= 15 is 0 Å². The van der Waals surface area contributed by atoms with Gasteiger partial charge < -0.3 is 4.74 Å². The summed E-state index contributed by atoms with van der Waals surface area (Å²) in [6.07, 6.45) is 1.34. The van der Waals surface area contributed by atoms with E-state index in [1.165, 1.54) is 0 Å². The molecule has 0 aromatic heterocycles. The zero-order valence-corrected chi connectivity index (χ0v) is 12.5. The number of hydrogen-bond donors (Lipinski definition) is 2. The molecule has 0 aliphatic carbocycles. The molecular weight excluding hydrogens is 328 g/mol. The van der Waals surface area contributed by atoms with E-state index in [0.29, 0.717) is 12.8 Å². The van der Waals surface area contributed by atoms with Gasteiger partial charge in [0.1, 0.15) is 0 Å². The van der Waals surface area contributed by atoms with Crippen LogP contribution in [-0.2, 0) is 23.6 Å². The first-order valence-corrected chi connectivity index (χ1v) is 7.97. The Bertz CT molecular complexity index is 363. The molecule has 12 heteroatoms. The van der Waals surface area contributed by atoms with Gasteiger partial charge in [-0.1, -0.05) is 13.8 Å². The van der Waals surface area contributed by atoms with Crippen LogP contribution >= 0.6 is 8.25 Å². The van der Waals surface area contributed by atoms with Crippen LogP contribution < -0.4 is 0 Å². The Balaban J connectivity index is 0. The fourth-order valence-corrected chi connectivity index (χ4v) is 1.37. The lowest BCUT2D eigenvalue weighted by Gasteiger charge is -2.14. The summed E-state index contributed by atoms with van der Waals surface area (Å²) < 4.78 is 73.8. The molecule has 0 bridgehead atoms. The number of alkyl halides is 3. The third-order valence-corrected chi connectivity index (χ3v) is 2.91. The molecule has 0 heterocycles. The summed E-state index contributed by atoms with van der Waals surface area (Å²) >= 11 is 0. The maximum atomic E-state index is 11.8. The summed E-state index contributed by atoms with van der Waals surface area (Å²) in [6.45, 7) is 2.92.